The van der Waals surface area contributed by atoms with E-state index >= 15 is 0 Å². The maximum absolute atomic E-state index is 10.7. The Morgan fingerprint density at radius 1 is 0.909 bits per heavy atom. The lowest BCUT2D eigenvalue weighted by molar-refractivity contribution is -0.384. The third kappa shape index (κ3) is 4.83. The predicted molar refractivity (Wildman–Crippen MR) is 132 cm³/mol. The van der Waals surface area contributed by atoms with Gasteiger partial charge in [0.15, 0.2) is 5.13 Å². The molecule has 0 saturated carbocycles. The topological polar surface area (TPSA) is 77.3 Å². The molecule has 0 saturated heterocycles. The van der Waals surface area contributed by atoms with Crippen molar-refractivity contribution >= 4 is 38.6 Å². The number of hydrogen-bond acceptors (Lipinski definition) is 6. The van der Waals surface area contributed by atoms with E-state index in [2.05, 4.69) is 35.6 Å². The monoisotopic (exact) mass is 453 g/mol. The quantitative estimate of drug-likeness (QED) is 0.208. The van der Waals surface area contributed by atoms with Crippen molar-refractivity contribution in [3.63, 3.8) is 0 Å². The fraction of sp³-hybridized carbons (Fsp3) is 0.0385. The van der Waals surface area contributed by atoms with Gasteiger partial charge in [0.1, 0.15) is 12.4 Å². The highest BCUT2D eigenvalue weighted by Crippen LogP contribution is 2.29. The lowest BCUT2D eigenvalue weighted by Crippen LogP contribution is -1.96. The first-order valence-electron chi connectivity index (χ1n) is 10.3. The number of non-ortho nitro benzene ring substituents is 1. The van der Waals surface area contributed by atoms with Crippen LogP contribution in [0.4, 0.5) is 16.5 Å². The van der Waals surface area contributed by atoms with Crippen LogP contribution in [-0.2, 0) is 6.61 Å². The van der Waals surface area contributed by atoms with Gasteiger partial charge in [0.2, 0.25) is 0 Å². The van der Waals surface area contributed by atoms with Gasteiger partial charge in [-0.25, -0.2) is 4.98 Å². The van der Waals surface area contributed by atoms with Crippen molar-refractivity contribution in [3.05, 3.63) is 112 Å². The molecular formula is C26H19N3O3S. The zero-order valence-corrected chi connectivity index (χ0v) is 18.3. The highest BCUT2D eigenvalue weighted by atomic mass is 32.1. The molecular weight excluding hydrogens is 434 g/mol. The largest absolute Gasteiger partial charge is 0.489 e. The third-order valence-electron chi connectivity index (χ3n) is 5.21. The first kappa shape index (κ1) is 20.7. The number of fused-ring (bicyclic) bond motifs is 1. The molecule has 0 fully saturated rings. The van der Waals surface area contributed by atoms with Crippen molar-refractivity contribution in [3.8, 4) is 17.0 Å². The van der Waals surface area contributed by atoms with Crippen LogP contribution in [0.5, 0.6) is 5.75 Å². The fourth-order valence-electron chi connectivity index (χ4n) is 3.46. The minimum atomic E-state index is -0.412. The van der Waals surface area contributed by atoms with Gasteiger partial charge in [-0.15, -0.1) is 11.3 Å². The van der Waals surface area contributed by atoms with E-state index in [1.807, 2.05) is 41.8 Å². The fourth-order valence-corrected chi connectivity index (χ4v) is 4.20. The molecule has 0 aliphatic carbocycles. The Morgan fingerprint density at radius 3 is 2.42 bits per heavy atom. The standard InChI is InChI=1S/C26H19N3O3S/c30-29(31)23-11-5-18(6-12-23)16-32-24-13-8-20(9-14-24)25-17-33-26(28-25)27-22-10-7-19-3-1-2-4-21(19)15-22/h1-15,17H,16H2,(H,27,28). The Bertz CT molecular complexity index is 1410. The minimum absolute atomic E-state index is 0.0702. The molecule has 0 unspecified atom stereocenters. The Kier molecular flexibility index (Phi) is 5.70. The van der Waals surface area contributed by atoms with E-state index < -0.39 is 4.92 Å². The third-order valence-corrected chi connectivity index (χ3v) is 5.97. The zero-order valence-electron chi connectivity index (χ0n) is 17.5. The molecule has 1 N–H and O–H groups in total. The molecule has 0 spiro atoms. The molecule has 7 heteroatoms. The van der Waals surface area contributed by atoms with Crippen LogP contribution >= 0.6 is 11.3 Å². The number of aromatic nitrogens is 1. The Labute approximate surface area is 194 Å². The van der Waals surface area contributed by atoms with E-state index in [9.17, 15) is 10.1 Å². The first-order valence-corrected chi connectivity index (χ1v) is 11.2. The average molecular weight is 454 g/mol. The normalized spacial score (nSPS) is 10.8. The van der Waals surface area contributed by atoms with E-state index in [0.29, 0.717) is 6.61 Å². The van der Waals surface area contributed by atoms with Crippen LogP contribution < -0.4 is 10.1 Å². The molecule has 1 aromatic heterocycles. The number of ether oxygens (including phenoxy) is 1. The van der Waals surface area contributed by atoms with Crippen LogP contribution in [0.25, 0.3) is 22.0 Å². The Hall–Kier alpha value is -4.23. The van der Waals surface area contributed by atoms with Gasteiger partial charge >= 0.3 is 0 Å². The second kappa shape index (κ2) is 9.10. The van der Waals surface area contributed by atoms with Crippen LogP contribution in [0.1, 0.15) is 5.56 Å². The molecule has 6 nitrogen and oxygen atoms in total. The van der Waals surface area contributed by atoms with Crippen molar-refractivity contribution in [2.45, 2.75) is 6.61 Å². The summed E-state index contributed by atoms with van der Waals surface area (Å²) in [6, 6.07) is 28.6. The summed E-state index contributed by atoms with van der Waals surface area (Å²) in [5.74, 6) is 0.724. The van der Waals surface area contributed by atoms with Crippen LogP contribution in [0, 0.1) is 10.1 Å². The molecule has 162 valence electrons. The van der Waals surface area contributed by atoms with Gasteiger partial charge in [0.05, 0.1) is 10.6 Å². The van der Waals surface area contributed by atoms with Crippen molar-refractivity contribution in [2.75, 3.05) is 5.32 Å². The maximum atomic E-state index is 10.7. The molecule has 0 radical (unpaired) electrons. The predicted octanol–water partition coefficient (Wildman–Crippen LogP) is 7.19. The highest BCUT2D eigenvalue weighted by molar-refractivity contribution is 7.14. The number of benzene rings is 4. The number of anilines is 2. The van der Waals surface area contributed by atoms with E-state index in [-0.39, 0.29) is 5.69 Å². The van der Waals surface area contributed by atoms with E-state index in [4.69, 9.17) is 9.72 Å². The molecule has 0 aliphatic heterocycles. The molecule has 0 atom stereocenters. The molecule has 4 aromatic carbocycles. The number of thiazole rings is 1. The maximum Gasteiger partial charge on any atom is 0.269 e. The van der Waals surface area contributed by atoms with Gasteiger partial charge in [0, 0.05) is 28.8 Å². The van der Waals surface area contributed by atoms with Gasteiger partial charge < -0.3 is 10.1 Å². The molecule has 5 rings (SSSR count). The zero-order chi connectivity index (χ0) is 22.6. The molecule has 33 heavy (non-hydrogen) atoms. The summed E-state index contributed by atoms with van der Waals surface area (Å²) in [5, 5.41) is 19.4. The summed E-state index contributed by atoms with van der Waals surface area (Å²) in [6.07, 6.45) is 0. The van der Waals surface area contributed by atoms with Crippen molar-refractivity contribution in [2.24, 2.45) is 0 Å². The summed E-state index contributed by atoms with van der Waals surface area (Å²) in [7, 11) is 0. The SMILES string of the molecule is O=[N+]([O-])c1ccc(COc2ccc(-c3csc(Nc4ccc5ccccc5c4)n3)cc2)cc1. The van der Waals surface area contributed by atoms with Crippen LogP contribution in [0.15, 0.2) is 96.4 Å². The first-order chi connectivity index (χ1) is 16.1. The van der Waals surface area contributed by atoms with Gasteiger partial charge in [-0.2, -0.15) is 0 Å². The molecule has 0 amide bonds. The Morgan fingerprint density at radius 2 is 1.67 bits per heavy atom. The van der Waals surface area contributed by atoms with Crippen LogP contribution in [0.2, 0.25) is 0 Å². The lowest BCUT2D eigenvalue weighted by Gasteiger charge is -2.07. The lowest BCUT2D eigenvalue weighted by atomic mass is 10.1. The molecule has 1 heterocycles. The number of nitro benzene ring substituents is 1. The summed E-state index contributed by atoms with van der Waals surface area (Å²) in [4.78, 5) is 15.0. The number of nitrogens with one attached hydrogen (secondary N) is 1. The van der Waals surface area contributed by atoms with Gasteiger partial charge in [-0.1, -0.05) is 30.3 Å². The second-order valence-electron chi connectivity index (χ2n) is 7.46. The van der Waals surface area contributed by atoms with E-state index in [0.717, 1.165) is 33.4 Å². The number of rotatable bonds is 7. The van der Waals surface area contributed by atoms with Gasteiger partial charge in [-0.05, 0) is 64.9 Å². The van der Waals surface area contributed by atoms with Crippen molar-refractivity contribution in [1.29, 1.82) is 0 Å². The van der Waals surface area contributed by atoms with Crippen molar-refractivity contribution in [1.82, 2.24) is 4.98 Å². The molecule has 0 bridgehead atoms. The summed E-state index contributed by atoms with van der Waals surface area (Å²) in [6.45, 7) is 0.341. The number of nitro groups is 1. The summed E-state index contributed by atoms with van der Waals surface area (Å²) in [5.41, 5.74) is 3.84. The van der Waals surface area contributed by atoms with Crippen LogP contribution in [0.3, 0.4) is 0 Å². The highest BCUT2D eigenvalue weighted by Gasteiger charge is 2.07. The smallest absolute Gasteiger partial charge is 0.269 e. The van der Waals surface area contributed by atoms with Crippen molar-refractivity contribution < 1.29 is 9.66 Å². The minimum Gasteiger partial charge on any atom is -0.489 e. The van der Waals surface area contributed by atoms with E-state index in [1.54, 1.807) is 23.5 Å². The molecule has 0 aliphatic rings. The van der Waals surface area contributed by atoms with E-state index in [1.165, 1.54) is 22.9 Å². The number of hydrogen-bond donors (Lipinski definition) is 1. The van der Waals surface area contributed by atoms with Gasteiger partial charge in [-0.3, -0.25) is 10.1 Å². The molecule has 5 aromatic rings. The summed E-state index contributed by atoms with van der Waals surface area (Å²) < 4.78 is 5.80. The van der Waals surface area contributed by atoms with Crippen LogP contribution in [-0.4, -0.2) is 9.91 Å². The van der Waals surface area contributed by atoms with Gasteiger partial charge in [0.25, 0.3) is 5.69 Å². The summed E-state index contributed by atoms with van der Waals surface area (Å²) >= 11 is 1.56. The Balaban J connectivity index is 1.22. The number of nitrogens with zero attached hydrogens (tertiary/aromatic N) is 2. The average Bonchev–Trinajstić information content (AvgIpc) is 3.31. The second-order valence-corrected chi connectivity index (χ2v) is 8.32.